The lowest BCUT2D eigenvalue weighted by molar-refractivity contribution is -0.384. The van der Waals surface area contributed by atoms with Gasteiger partial charge in [-0.25, -0.2) is 0 Å². The maximum Gasteiger partial charge on any atom is 0.292 e. The predicted molar refractivity (Wildman–Crippen MR) is 115 cm³/mol. The van der Waals surface area contributed by atoms with Crippen molar-refractivity contribution >= 4 is 17.2 Å². The van der Waals surface area contributed by atoms with Crippen LogP contribution in [0.3, 0.4) is 0 Å². The van der Waals surface area contributed by atoms with Crippen molar-refractivity contribution < 1.29 is 9.72 Å². The number of anilines is 1. The number of benzene rings is 2. The van der Waals surface area contributed by atoms with E-state index < -0.39 is 5.54 Å². The van der Waals surface area contributed by atoms with Crippen molar-refractivity contribution in [2.45, 2.75) is 32.4 Å². The van der Waals surface area contributed by atoms with Crippen LogP contribution < -0.4 is 4.90 Å². The number of carbonyl (C=O) groups is 1. The van der Waals surface area contributed by atoms with Gasteiger partial charge < -0.3 is 4.90 Å². The summed E-state index contributed by atoms with van der Waals surface area (Å²) in [5.74, 6) is -0.335. The molecule has 2 atom stereocenters. The van der Waals surface area contributed by atoms with Crippen LogP contribution in [-0.4, -0.2) is 35.7 Å². The largest absolute Gasteiger partial charge is 0.365 e. The molecular formula is C23H26N4O3. The summed E-state index contributed by atoms with van der Waals surface area (Å²) in [7, 11) is 1.83. The third-order valence-corrected chi connectivity index (χ3v) is 6.02. The number of nitro groups is 1. The highest BCUT2D eigenvalue weighted by molar-refractivity contribution is 5.78. The Labute approximate surface area is 176 Å². The number of carbonyl (C=O) groups excluding carboxylic acids is 1. The average molecular weight is 406 g/mol. The minimum absolute atomic E-state index is 0.00137. The fraction of sp³-hybridized carbons (Fsp3) is 0.391. The molecule has 0 amide bonds. The second-order valence-corrected chi connectivity index (χ2v) is 8.04. The quantitative estimate of drug-likeness (QED) is 0.512. The van der Waals surface area contributed by atoms with E-state index in [9.17, 15) is 20.2 Å². The molecule has 0 aliphatic carbocycles. The van der Waals surface area contributed by atoms with Crippen LogP contribution in [0.2, 0.25) is 0 Å². The molecule has 0 bridgehead atoms. The van der Waals surface area contributed by atoms with Gasteiger partial charge in [0.15, 0.2) is 0 Å². The highest BCUT2D eigenvalue weighted by atomic mass is 16.6. The summed E-state index contributed by atoms with van der Waals surface area (Å²) in [6, 6.07) is 17.3. The van der Waals surface area contributed by atoms with Gasteiger partial charge in [0.1, 0.15) is 11.5 Å². The summed E-state index contributed by atoms with van der Waals surface area (Å²) >= 11 is 0. The molecule has 1 heterocycles. The standard InChI is InChI=1S/C23H26N4O3/c1-17(28)15-26-12-11-20(14-24)23(26,2)19-9-10-21(22(13-19)27(29)30)25(3)16-18-7-5-4-6-8-18/h4-10,13,20H,11-12,15-16H2,1-3H3. The Bertz CT molecular complexity index is 986. The minimum atomic E-state index is -0.748. The van der Waals surface area contributed by atoms with Crippen LogP contribution in [0.25, 0.3) is 0 Å². The van der Waals surface area contributed by atoms with Gasteiger partial charge in [-0.3, -0.25) is 19.8 Å². The van der Waals surface area contributed by atoms with Crippen molar-refractivity contribution in [3.05, 3.63) is 69.8 Å². The van der Waals surface area contributed by atoms with Gasteiger partial charge in [-0.1, -0.05) is 36.4 Å². The van der Waals surface area contributed by atoms with E-state index in [0.29, 0.717) is 30.8 Å². The molecule has 156 valence electrons. The number of hydrogen-bond donors (Lipinski definition) is 0. The molecule has 2 aromatic rings. The Morgan fingerprint density at radius 3 is 2.63 bits per heavy atom. The second kappa shape index (κ2) is 8.64. The van der Waals surface area contributed by atoms with Gasteiger partial charge >= 0.3 is 0 Å². The Balaban J connectivity index is 2.00. The first-order valence-electron chi connectivity index (χ1n) is 9.95. The molecular weight excluding hydrogens is 380 g/mol. The lowest BCUT2D eigenvalue weighted by atomic mass is 9.80. The summed E-state index contributed by atoms with van der Waals surface area (Å²) in [6.07, 6.45) is 0.629. The van der Waals surface area contributed by atoms with Crippen molar-refractivity contribution in [3.63, 3.8) is 0 Å². The highest BCUT2D eigenvalue weighted by Gasteiger charge is 2.47. The molecule has 7 heteroatoms. The third kappa shape index (κ3) is 4.05. The third-order valence-electron chi connectivity index (χ3n) is 6.02. The second-order valence-electron chi connectivity index (χ2n) is 8.04. The van der Waals surface area contributed by atoms with Crippen molar-refractivity contribution in [2.24, 2.45) is 5.92 Å². The zero-order valence-corrected chi connectivity index (χ0v) is 17.5. The van der Waals surface area contributed by atoms with Crippen LogP contribution in [0, 0.1) is 27.4 Å². The van der Waals surface area contributed by atoms with E-state index in [2.05, 4.69) is 6.07 Å². The minimum Gasteiger partial charge on any atom is -0.365 e. The van der Waals surface area contributed by atoms with Crippen LogP contribution in [-0.2, 0) is 16.9 Å². The Kier molecular flexibility index (Phi) is 6.18. The van der Waals surface area contributed by atoms with E-state index in [-0.39, 0.29) is 28.9 Å². The lowest BCUT2D eigenvalue weighted by Gasteiger charge is -2.37. The summed E-state index contributed by atoms with van der Waals surface area (Å²) in [5, 5.41) is 21.6. The van der Waals surface area contributed by atoms with Crippen LogP contribution in [0.4, 0.5) is 11.4 Å². The van der Waals surface area contributed by atoms with Gasteiger partial charge in [0.2, 0.25) is 0 Å². The van der Waals surface area contributed by atoms with Gasteiger partial charge in [-0.05, 0) is 37.5 Å². The molecule has 0 saturated carbocycles. The fourth-order valence-corrected chi connectivity index (χ4v) is 4.35. The molecule has 0 radical (unpaired) electrons. The van der Waals surface area contributed by atoms with Crippen molar-refractivity contribution in [1.29, 1.82) is 5.26 Å². The first-order valence-corrected chi connectivity index (χ1v) is 9.95. The maximum atomic E-state index is 11.9. The summed E-state index contributed by atoms with van der Waals surface area (Å²) < 4.78 is 0. The zero-order chi connectivity index (χ0) is 21.9. The van der Waals surface area contributed by atoms with E-state index >= 15 is 0 Å². The summed E-state index contributed by atoms with van der Waals surface area (Å²) in [6.45, 7) is 4.79. The predicted octanol–water partition coefficient (Wildman–Crippen LogP) is 3.88. The number of Topliss-reactive ketones (excluding diaryl/α,β-unsaturated/α-hetero) is 1. The first-order chi connectivity index (χ1) is 14.3. The molecule has 1 saturated heterocycles. The normalized spacial score (nSPS) is 21.2. The molecule has 2 aromatic carbocycles. The van der Waals surface area contributed by atoms with Gasteiger partial charge in [0.25, 0.3) is 5.69 Å². The zero-order valence-electron chi connectivity index (χ0n) is 17.5. The number of hydrogen-bond acceptors (Lipinski definition) is 6. The summed E-state index contributed by atoms with van der Waals surface area (Å²) in [4.78, 5) is 27.1. The fourth-order valence-electron chi connectivity index (χ4n) is 4.35. The van der Waals surface area contributed by atoms with Crippen LogP contribution >= 0.6 is 0 Å². The van der Waals surface area contributed by atoms with E-state index in [1.807, 2.05) is 60.2 Å². The average Bonchev–Trinajstić information content (AvgIpc) is 3.04. The van der Waals surface area contributed by atoms with Gasteiger partial charge in [0.05, 0.1) is 29.0 Å². The SMILES string of the molecule is CC(=O)CN1CCC(C#N)C1(C)c1ccc(N(C)Cc2ccccc2)c([N+](=O)[O-])c1. The van der Waals surface area contributed by atoms with E-state index in [1.54, 1.807) is 12.1 Å². The number of likely N-dealkylation sites (tertiary alicyclic amines) is 1. The highest BCUT2D eigenvalue weighted by Crippen LogP contribution is 2.45. The molecule has 1 aliphatic heterocycles. The number of nitrogens with zero attached hydrogens (tertiary/aromatic N) is 4. The van der Waals surface area contributed by atoms with Gasteiger partial charge in [-0.2, -0.15) is 5.26 Å². The molecule has 30 heavy (non-hydrogen) atoms. The Hall–Kier alpha value is -3.24. The Morgan fingerprint density at radius 1 is 1.33 bits per heavy atom. The Morgan fingerprint density at radius 2 is 2.03 bits per heavy atom. The molecule has 3 rings (SSSR count). The molecule has 1 aliphatic rings. The molecule has 2 unspecified atom stereocenters. The number of nitro benzene ring substituents is 1. The molecule has 0 N–H and O–H groups in total. The van der Waals surface area contributed by atoms with Gasteiger partial charge in [-0.15, -0.1) is 0 Å². The molecule has 0 spiro atoms. The van der Waals surface area contributed by atoms with Crippen molar-refractivity contribution in [3.8, 4) is 6.07 Å². The number of nitriles is 1. The summed E-state index contributed by atoms with van der Waals surface area (Å²) in [5.41, 5.74) is 1.51. The van der Waals surface area contributed by atoms with Gasteiger partial charge in [0, 0.05) is 26.2 Å². The van der Waals surface area contributed by atoms with Crippen LogP contribution in [0.5, 0.6) is 0 Å². The van der Waals surface area contributed by atoms with Crippen molar-refractivity contribution in [2.75, 3.05) is 25.0 Å². The van der Waals surface area contributed by atoms with E-state index in [1.165, 1.54) is 6.92 Å². The number of rotatable bonds is 7. The maximum absolute atomic E-state index is 11.9. The first kappa shape index (κ1) is 21.5. The topological polar surface area (TPSA) is 90.5 Å². The van der Waals surface area contributed by atoms with E-state index in [4.69, 9.17) is 0 Å². The molecule has 1 fully saturated rings. The van der Waals surface area contributed by atoms with Crippen LogP contribution in [0.1, 0.15) is 31.4 Å². The van der Waals surface area contributed by atoms with E-state index in [0.717, 1.165) is 5.56 Å². The van der Waals surface area contributed by atoms with Crippen LogP contribution in [0.15, 0.2) is 48.5 Å². The molecule has 7 nitrogen and oxygen atoms in total. The molecule has 0 aromatic heterocycles. The van der Waals surface area contributed by atoms with Crippen molar-refractivity contribution in [1.82, 2.24) is 4.90 Å². The monoisotopic (exact) mass is 406 g/mol. The smallest absolute Gasteiger partial charge is 0.292 e. The number of ketones is 1. The lowest BCUT2D eigenvalue weighted by Crippen LogP contribution is -2.44.